The van der Waals surface area contributed by atoms with Crippen molar-refractivity contribution in [1.82, 2.24) is 19.6 Å². The number of hydrogen-bond donors (Lipinski definition) is 1. The first-order valence-corrected chi connectivity index (χ1v) is 11.6. The molecule has 1 aromatic carbocycles. The largest absolute Gasteiger partial charge is 0.393 e. The number of nitrogens with zero attached hydrogens (tertiary/aromatic N) is 6. The van der Waals surface area contributed by atoms with Crippen molar-refractivity contribution < 1.29 is 14.7 Å². The SMILES string of the molecule is CC(=NOCCO)c1ccc2nnc(Sc3ccc4ncc(N5CCOCC5)cc4c3)n2c1. The molecule has 1 aliphatic rings. The molecule has 0 radical (unpaired) electrons. The van der Waals surface area contributed by atoms with Crippen molar-refractivity contribution in [3.05, 3.63) is 54.4 Å². The number of rotatable bonds is 7. The van der Waals surface area contributed by atoms with Gasteiger partial charge in [0.15, 0.2) is 10.8 Å². The monoisotopic (exact) mass is 464 g/mol. The van der Waals surface area contributed by atoms with Crippen molar-refractivity contribution in [3.63, 3.8) is 0 Å². The van der Waals surface area contributed by atoms with Crippen molar-refractivity contribution >= 4 is 39.7 Å². The van der Waals surface area contributed by atoms with E-state index in [-0.39, 0.29) is 13.2 Å². The molecule has 1 aliphatic heterocycles. The minimum atomic E-state index is -0.0722. The van der Waals surface area contributed by atoms with E-state index in [1.54, 1.807) is 11.8 Å². The number of hydrogen-bond acceptors (Lipinski definition) is 9. The summed E-state index contributed by atoms with van der Waals surface area (Å²) < 4.78 is 7.41. The maximum absolute atomic E-state index is 8.86. The summed E-state index contributed by atoms with van der Waals surface area (Å²) in [5, 5.41) is 23.4. The summed E-state index contributed by atoms with van der Waals surface area (Å²) >= 11 is 1.55. The van der Waals surface area contributed by atoms with Crippen LogP contribution in [0.4, 0.5) is 5.69 Å². The van der Waals surface area contributed by atoms with E-state index >= 15 is 0 Å². The van der Waals surface area contributed by atoms with Gasteiger partial charge in [-0.15, -0.1) is 10.2 Å². The number of morpholine rings is 1. The Hall–Kier alpha value is -3.21. The third-order valence-corrected chi connectivity index (χ3v) is 6.35. The van der Waals surface area contributed by atoms with Crippen molar-refractivity contribution in [2.75, 3.05) is 44.4 Å². The van der Waals surface area contributed by atoms with E-state index < -0.39 is 0 Å². The van der Waals surface area contributed by atoms with Crippen LogP contribution in [0.25, 0.3) is 16.6 Å². The third-order valence-electron chi connectivity index (χ3n) is 5.40. The van der Waals surface area contributed by atoms with Crippen LogP contribution in [0.15, 0.2) is 64.0 Å². The van der Waals surface area contributed by atoms with E-state index in [9.17, 15) is 0 Å². The molecule has 5 rings (SSSR count). The molecule has 1 N–H and O–H groups in total. The standard InChI is InChI=1S/C23H24N6O3S/c1-16(27-32-11-8-30)17-2-5-22-25-26-23(29(22)15-17)33-20-3-4-21-18(13-20)12-19(14-24-21)28-6-9-31-10-7-28/h2-5,12-15,30H,6-11H2,1H3. The molecule has 1 saturated heterocycles. The molecule has 10 heteroatoms. The van der Waals surface area contributed by atoms with Gasteiger partial charge < -0.3 is 19.6 Å². The van der Waals surface area contributed by atoms with Crippen molar-refractivity contribution in [2.24, 2.45) is 5.16 Å². The lowest BCUT2D eigenvalue weighted by molar-refractivity contribution is 0.0986. The molecule has 3 aromatic heterocycles. The van der Waals surface area contributed by atoms with Crippen LogP contribution >= 0.6 is 11.8 Å². The highest BCUT2D eigenvalue weighted by Gasteiger charge is 2.13. The first-order chi connectivity index (χ1) is 16.2. The van der Waals surface area contributed by atoms with Crippen molar-refractivity contribution in [3.8, 4) is 0 Å². The number of fused-ring (bicyclic) bond motifs is 2. The van der Waals surface area contributed by atoms with Gasteiger partial charge in [-0.25, -0.2) is 0 Å². The summed E-state index contributed by atoms with van der Waals surface area (Å²) in [6.07, 6.45) is 3.88. The highest BCUT2D eigenvalue weighted by atomic mass is 32.2. The number of anilines is 1. The topological polar surface area (TPSA) is 97.4 Å². The molecule has 33 heavy (non-hydrogen) atoms. The first kappa shape index (κ1) is 21.6. The van der Waals surface area contributed by atoms with Gasteiger partial charge in [-0.2, -0.15) is 0 Å². The number of oxime groups is 1. The molecule has 1 fully saturated rings. The average Bonchev–Trinajstić information content (AvgIpc) is 3.26. The Labute approximate surface area is 195 Å². The van der Waals surface area contributed by atoms with Gasteiger partial charge in [0, 0.05) is 35.1 Å². The minimum absolute atomic E-state index is 0.0722. The zero-order valence-electron chi connectivity index (χ0n) is 18.2. The van der Waals surface area contributed by atoms with E-state index in [1.807, 2.05) is 41.9 Å². The molecule has 0 spiro atoms. The Kier molecular flexibility index (Phi) is 6.38. The second-order valence-electron chi connectivity index (χ2n) is 7.61. The number of aliphatic hydroxyl groups excluding tert-OH is 1. The molecule has 0 amide bonds. The zero-order valence-corrected chi connectivity index (χ0v) is 19.0. The van der Waals surface area contributed by atoms with Crippen LogP contribution in [0.1, 0.15) is 12.5 Å². The molecule has 0 unspecified atom stereocenters. The second-order valence-corrected chi connectivity index (χ2v) is 8.65. The van der Waals surface area contributed by atoms with Crippen molar-refractivity contribution in [2.45, 2.75) is 17.0 Å². The van der Waals surface area contributed by atoms with Gasteiger partial charge in [-0.05, 0) is 55.1 Å². The number of aromatic nitrogens is 4. The van der Waals surface area contributed by atoms with Crippen LogP contribution in [0.3, 0.4) is 0 Å². The summed E-state index contributed by atoms with van der Waals surface area (Å²) in [6.45, 7) is 5.20. The zero-order chi connectivity index (χ0) is 22.6. The summed E-state index contributed by atoms with van der Waals surface area (Å²) in [5.41, 5.74) is 4.42. The Balaban J connectivity index is 1.41. The lowest BCUT2D eigenvalue weighted by Gasteiger charge is -2.28. The summed E-state index contributed by atoms with van der Waals surface area (Å²) in [6, 6.07) is 12.2. The normalized spacial score (nSPS) is 14.8. The van der Waals surface area contributed by atoms with E-state index in [4.69, 9.17) is 14.7 Å². The van der Waals surface area contributed by atoms with Gasteiger partial charge in [0.2, 0.25) is 0 Å². The highest BCUT2D eigenvalue weighted by molar-refractivity contribution is 7.99. The summed E-state index contributed by atoms with van der Waals surface area (Å²) in [7, 11) is 0. The van der Waals surface area contributed by atoms with Gasteiger partial charge in [0.25, 0.3) is 0 Å². The number of ether oxygens (including phenoxy) is 1. The second kappa shape index (κ2) is 9.74. The Morgan fingerprint density at radius 2 is 2.06 bits per heavy atom. The Morgan fingerprint density at radius 3 is 2.91 bits per heavy atom. The van der Waals surface area contributed by atoms with Crippen LogP contribution < -0.4 is 4.90 Å². The van der Waals surface area contributed by atoms with Gasteiger partial charge in [-0.1, -0.05) is 5.16 Å². The highest BCUT2D eigenvalue weighted by Crippen LogP contribution is 2.30. The van der Waals surface area contributed by atoms with Gasteiger partial charge in [0.1, 0.15) is 6.61 Å². The van der Waals surface area contributed by atoms with Crippen LogP contribution in [0, 0.1) is 0 Å². The number of pyridine rings is 2. The molecule has 4 heterocycles. The van der Waals surface area contributed by atoms with Gasteiger partial charge >= 0.3 is 0 Å². The summed E-state index contributed by atoms with van der Waals surface area (Å²) in [4.78, 5) is 13.1. The van der Waals surface area contributed by atoms with Crippen LogP contribution in [-0.2, 0) is 9.57 Å². The fraction of sp³-hybridized carbons (Fsp3) is 0.304. The van der Waals surface area contributed by atoms with Crippen molar-refractivity contribution in [1.29, 1.82) is 0 Å². The Bertz CT molecular complexity index is 1300. The van der Waals surface area contributed by atoms with Crippen LogP contribution in [0.5, 0.6) is 0 Å². The molecule has 0 bridgehead atoms. The quantitative estimate of drug-likeness (QED) is 0.253. The smallest absolute Gasteiger partial charge is 0.200 e. The summed E-state index contributed by atoms with van der Waals surface area (Å²) in [5.74, 6) is 0. The van der Waals surface area contributed by atoms with E-state index in [0.29, 0.717) is 5.71 Å². The average molecular weight is 465 g/mol. The molecule has 9 nitrogen and oxygen atoms in total. The number of aliphatic hydroxyl groups is 1. The third kappa shape index (κ3) is 4.77. The van der Waals surface area contributed by atoms with Crippen LogP contribution in [0.2, 0.25) is 0 Å². The number of benzene rings is 1. The van der Waals surface area contributed by atoms with Crippen LogP contribution in [-0.4, -0.2) is 69.9 Å². The predicted molar refractivity (Wildman–Crippen MR) is 127 cm³/mol. The molecule has 170 valence electrons. The molecule has 0 saturated carbocycles. The Morgan fingerprint density at radius 1 is 1.18 bits per heavy atom. The minimum Gasteiger partial charge on any atom is -0.393 e. The fourth-order valence-electron chi connectivity index (χ4n) is 3.65. The van der Waals surface area contributed by atoms with Gasteiger partial charge in [0.05, 0.1) is 42.9 Å². The molecule has 0 aliphatic carbocycles. The van der Waals surface area contributed by atoms with E-state index in [2.05, 4.69) is 43.4 Å². The molecule has 0 atom stereocenters. The maximum Gasteiger partial charge on any atom is 0.200 e. The molecular formula is C23H24N6O3S. The predicted octanol–water partition coefficient (Wildman–Crippen LogP) is 3.00. The molecular weight excluding hydrogens is 440 g/mol. The maximum atomic E-state index is 8.86. The van der Waals surface area contributed by atoms with E-state index in [1.165, 1.54) is 0 Å². The fourth-order valence-corrected chi connectivity index (χ4v) is 4.51. The first-order valence-electron chi connectivity index (χ1n) is 10.7. The van der Waals surface area contributed by atoms with E-state index in [0.717, 1.165) is 64.2 Å². The molecule has 4 aromatic rings. The lowest BCUT2D eigenvalue weighted by atomic mass is 10.2. The lowest BCUT2D eigenvalue weighted by Crippen LogP contribution is -2.36. The van der Waals surface area contributed by atoms with Gasteiger partial charge in [-0.3, -0.25) is 9.38 Å².